The standard InChI is InChI=1S/C27H39N5O4/c1-2-36-22-10-6-9-21(17-22)18-25(33)24(12-11-20-7-4-3-5-8-20)31-27(35)23(30)19-26(34)32(15-13-28)16-14-29/h3-10,17,23-24H,2,11-16,18-19,28-30H2,1H3,(H,31,35)/t23-,24-/m0/s1. The van der Waals surface area contributed by atoms with Crippen LogP contribution in [0.5, 0.6) is 5.75 Å². The first kappa shape index (κ1) is 29.0. The van der Waals surface area contributed by atoms with Gasteiger partial charge in [0.1, 0.15) is 5.75 Å². The number of aryl methyl sites for hydroxylation is 1. The van der Waals surface area contributed by atoms with Gasteiger partial charge in [-0.25, -0.2) is 0 Å². The van der Waals surface area contributed by atoms with Gasteiger partial charge in [-0.05, 0) is 43.0 Å². The van der Waals surface area contributed by atoms with Gasteiger partial charge in [0.15, 0.2) is 5.78 Å². The highest BCUT2D eigenvalue weighted by atomic mass is 16.5. The number of benzene rings is 2. The van der Waals surface area contributed by atoms with Gasteiger partial charge in [-0.1, -0.05) is 42.5 Å². The number of carbonyl (C=O) groups is 3. The van der Waals surface area contributed by atoms with Crippen LogP contribution in [0.3, 0.4) is 0 Å². The molecular formula is C27H39N5O4. The van der Waals surface area contributed by atoms with Crippen molar-refractivity contribution in [3.63, 3.8) is 0 Å². The first-order valence-electron chi connectivity index (χ1n) is 12.4. The lowest BCUT2D eigenvalue weighted by molar-refractivity contribution is -0.134. The molecule has 36 heavy (non-hydrogen) atoms. The number of Topliss-reactive ketones (excluding diaryl/α,β-unsaturated/α-hetero) is 1. The Morgan fingerprint density at radius 1 is 0.972 bits per heavy atom. The molecule has 9 nitrogen and oxygen atoms in total. The van der Waals surface area contributed by atoms with Crippen LogP contribution in [0.25, 0.3) is 0 Å². The number of ketones is 1. The third-order valence-electron chi connectivity index (χ3n) is 5.74. The second-order valence-corrected chi connectivity index (χ2v) is 8.58. The van der Waals surface area contributed by atoms with E-state index in [9.17, 15) is 14.4 Å². The van der Waals surface area contributed by atoms with E-state index in [2.05, 4.69) is 5.32 Å². The third-order valence-corrected chi connectivity index (χ3v) is 5.74. The molecule has 7 N–H and O–H groups in total. The van der Waals surface area contributed by atoms with Crippen molar-refractivity contribution in [2.75, 3.05) is 32.8 Å². The molecule has 0 heterocycles. The summed E-state index contributed by atoms with van der Waals surface area (Å²) in [5, 5.41) is 2.79. The van der Waals surface area contributed by atoms with Crippen molar-refractivity contribution < 1.29 is 19.1 Å². The SMILES string of the molecule is CCOc1cccc(CC(=O)[C@H](CCc2ccccc2)NC(=O)[C@@H](N)CC(=O)N(CCN)CCN)c1. The Balaban J connectivity index is 2.09. The van der Waals surface area contributed by atoms with Gasteiger partial charge >= 0.3 is 0 Å². The van der Waals surface area contributed by atoms with E-state index in [0.717, 1.165) is 11.1 Å². The molecule has 0 saturated carbocycles. The number of nitrogens with zero attached hydrogens (tertiary/aromatic N) is 1. The first-order valence-corrected chi connectivity index (χ1v) is 12.4. The Hall–Kier alpha value is -3.27. The molecule has 0 radical (unpaired) electrons. The van der Waals surface area contributed by atoms with Gasteiger partial charge in [-0.2, -0.15) is 0 Å². The molecule has 0 aromatic heterocycles. The van der Waals surface area contributed by atoms with Crippen LogP contribution in [-0.4, -0.2) is 67.4 Å². The van der Waals surface area contributed by atoms with Gasteiger partial charge in [-0.15, -0.1) is 0 Å². The zero-order valence-corrected chi connectivity index (χ0v) is 21.0. The Bertz CT molecular complexity index is 964. The fraction of sp³-hybridized carbons (Fsp3) is 0.444. The molecule has 0 aliphatic carbocycles. The second kappa shape index (κ2) is 15.7. The van der Waals surface area contributed by atoms with Crippen LogP contribution in [-0.2, 0) is 27.2 Å². The van der Waals surface area contributed by atoms with Crippen molar-refractivity contribution in [2.45, 2.75) is 44.7 Å². The summed E-state index contributed by atoms with van der Waals surface area (Å²) >= 11 is 0. The van der Waals surface area contributed by atoms with Gasteiger partial charge < -0.3 is 32.2 Å². The van der Waals surface area contributed by atoms with E-state index in [4.69, 9.17) is 21.9 Å². The van der Waals surface area contributed by atoms with Gasteiger partial charge in [0.05, 0.1) is 25.1 Å². The number of carbonyl (C=O) groups excluding carboxylic acids is 3. The molecule has 2 aromatic carbocycles. The lowest BCUT2D eigenvalue weighted by Gasteiger charge is -2.24. The van der Waals surface area contributed by atoms with Crippen LogP contribution >= 0.6 is 0 Å². The van der Waals surface area contributed by atoms with Crippen LogP contribution < -0.4 is 27.3 Å². The van der Waals surface area contributed by atoms with Crippen LogP contribution in [0, 0.1) is 0 Å². The molecule has 2 rings (SSSR count). The minimum atomic E-state index is -1.09. The largest absolute Gasteiger partial charge is 0.494 e. The molecule has 2 aromatic rings. The molecule has 0 bridgehead atoms. The number of nitrogens with two attached hydrogens (primary N) is 3. The Morgan fingerprint density at radius 2 is 1.64 bits per heavy atom. The molecule has 0 spiro atoms. The molecule has 9 heteroatoms. The smallest absolute Gasteiger partial charge is 0.238 e. The van der Waals surface area contributed by atoms with Crippen molar-refractivity contribution >= 4 is 17.6 Å². The monoisotopic (exact) mass is 497 g/mol. The highest BCUT2D eigenvalue weighted by Gasteiger charge is 2.26. The number of ether oxygens (including phenoxy) is 1. The number of amides is 2. The second-order valence-electron chi connectivity index (χ2n) is 8.58. The van der Waals surface area contributed by atoms with Crippen LogP contribution in [0.15, 0.2) is 54.6 Å². The summed E-state index contributed by atoms with van der Waals surface area (Å²) in [5.41, 5.74) is 19.0. The normalized spacial score (nSPS) is 12.4. The van der Waals surface area contributed by atoms with Crippen molar-refractivity contribution in [1.29, 1.82) is 0 Å². The van der Waals surface area contributed by atoms with E-state index in [1.54, 1.807) is 0 Å². The number of nitrogens with one attached hydrogen (secondary N) is 1. The summed E-state index contributed by atoms with van der Waals surface area (Å²) in [6.07, 6.45) is 0.954. The number of hydrogen-bond donors (Lipinski definition) is 4. The van der Waals surface area contributed by atoms with E-state index in [-0.39, 0.29) is 37.6 Å². The molecule has 2 atom stereocenters. The van der Waals surface area contributed by atoms with Crippen molar-refractivity contribution in [3.05, 3.63) is 65.7 Å². The molecule has 0 aliphatic heterocycles. The topological polar surface area (TPSA) is 154 Å². The molecule has 0 fully saturated rings. The van der Waals surface area contributed by atoms with Crippen molar-refractivity contribution in [2.24, 2.45) is 17.2 Å². The molecule has 2 amide bonds. The predicted octanol–water partition coefficient (Wildman–Crippen LogP) is 0.778. The Labute approximate surface area is 213 Å². The van der Waals surface area contributed by atoms with Crippen LogP contribution in [0.1, 0.15) is 30.9 Å². The molecule has 0 unspecified atom stereocenters. The highest BCUT2D eigenvalue weighted by molar-refractivity contribution is 5.93. The minimum Gasteiger partial charge on any atom is -0.494 e. The molecule has 0 aliphatic rings. The van der Waals surface area contributed by atoms with Crippen LogP contribution in [0.2, 0.25) is 0 Å². The summed E-state index contributed by atoms with van der Waals surface area (Å²) in [4.78, 5) is 40.2. The fourth-order valence-electron chi connectivity index (χ4n) is 3.87. The summed E-state index contributed by atoms with van der Waals surface area (Å²) in [5.74, 6) is -0.293. The van der Waals surface area contributed by atoms with E-state index in [1.165, 1.54) is 4.90 Å². The average molecular weight is 498 g/mol. The fourth-order valence-corrected chi connectivity index (χ4v) is 3.87. The maximum Gasteiger partial charge on any atom is 0.238 e. The lowest BCUT2D eigenvalue weighted by atomic mass is 9.97. The van der Waals surface area contributed by atoms with E-state index < -0.39 is 18.0 Å². The first-order chi connectivity index (χ1) is 17.4. The van der Waals surface area contributed by atoms with Crippen molar-refractivity contribution in [1.82, 2.24) is 10.2 Å². The third kappa shape index (κ3) is 9.77. The minimum absolute atomic E-state index is 0.135. The summed E-state index contributed by atoms with van der Waals surface area (Å²) in [6, 6.07) is 15.2. The van der Waals surface area contributed by atoms with E-state index >= 15 is 0 Å². The summed E-state index contributed by atoms with van der Waals surface area (Å²) in [7, 11) is 0. The lowest BCUT2D eigenvalue weighted by Crippen LogP contribution is -2.51. The zero-order valence-electron chi connectivity index (χ0n) is 21.0. The number of rotatable bonds is 16. The van der Waals surface area contributed by atoms with Crippen molar-refractivity contribution in [3.8, 4) is 5.75 Å². The Morgan fingerprint density at radius 3 is 2.28 bits per heavy atom. The van der Waals surface area contributed by atoms with Crippen LogP contribution in [0.4, 0.5) is 0 Å². The molecule has 0 saturated heterocycles. The maximum absolute atomic E-state index is 13.3. The summed E-state index contributed by atoms with van der Waals surface area (Å²) < 4.78 is 5.53. The van der Waals surface area contributed by atoms with Gasteiger partial charge in [0.2, 0.25) is 11.8 Å². The van der Waals surface area contributed by atoms with Gasteiger partial charge in [-0.3, -0.25) is 14.4 Å². The van der Waals surface area contributed by atoms with E-state index in [1.807, 2.05) is 61.5 Å². The van der Waals surface area contributed by atoms with E-state index in [0.29, 0.717) is 38.3 Å². The van der Waals surface area contributed by atoms with Gasteiger partial charge in [0, 0.05) is 32.6 Å². The summed E-state index contributed by atoms with van der Waals surface area (Å²) in [6.45, 7) is 3.66. The Kier molecular flexibility index (Phi) is 12.6. The quantitative estimate of drug-likeness (QED) is 0.267. The molecular weight excluding hydrogens is 458 g/mol. The van der Waals surface area contributed by atoms with Gasteiger partial charge in [0.25, 0.3) is 0 Å². The predicted molar refractivity (Wildman–Crippen MR) is 140 cm³/mol. The number of hydrogen-bond acceptors (Lipinski definition) is 7. The maximum atomic E-state index is 13.3. The average Bonchev–Trinajstić information content (AvgIpc) is 2.87. The molecule has 196 valence electrons. The zero-order chi connectivity index (χ0) is 26.3. The highest BCUT2D eigenvalue weighted by Crippen LogP contribution is 2.16.